The molecular formula is C19H25N5. The van der Waals surface area contributed by atoms with Crippen LogP contribution in [0, 0.1) is 0 Å². The predicted octanol–water partition coefficient (Wildman–Crippen LogP) is 2.80. The number of fused-ring (bicyclic) bond motifs is 1. The third-order valence-corrected chi connectivity index (χ3v) is 4.17. The van der Waals surface area contributed by atoms with Gasteiger partial charge in [0.05, 0.1) is 0 Å². The summed E-state index contributed by atoms with van der Waals surface area (Å²) in [5, 5.41) is 8.04. The Kier molecular flexibility index (Phi) is 5.21. The van der Waals surface area contributed by atoms with Gasteiger partial charge in [0, 0.05) is 56.7 Å². The molecule has 0 aliphatic carbocycles. The molecule has 5 nitrogen and oxygen atoms in total. The van der Waals surface area contributed by atoms with Gasteiger partial charge in [0.15, 0.2) is 5.96 Å². The van der Waals surface area contributed by atoms with Gasteiger partial charge in [0.25, 0.3) is 0 Å². The van der Waals surface area contributed by atoms with Crippen LogP contribution in [0.15, 0.2) is 53.9 Å². The number of hydrogen-bond donors (Lipinski definition) is 3. The number of rotatable bonds is 6. The highest BCUT2D eigenvalue weighted by molar-refractivity contribution is 5.83. The molecule has 2 aromatic heterocycles. The second kappa shape index (κ2) is 7.73. The molecule has 3 N–H and O–H groups in total. The first kappa shape index (κ1) is 16.2. The first-order chi connectivity index (χ1) is 11.8. The molecule has 0 saturated carbocycles. The number of para-hydroxylation sites is 1. The largest absolute Gasteiger partial charge is 0.361 e. The molecule has 0 saturated heterocycles. The predicted molar refractivity (Wildman–Crippen MR) is 100 cm³/mol. The van der Waals surface area contributed by atoms with Crippen LogP contribution >= 0.6 is 0 Å². The summed E-state index contributed by atoms with van der Waals surface area (Å²) in [7, 11) is 3.83. The molecule has 0 bridgehead atoms. The smallest absolute Gasteiger partial charge is 0.191 e. The number of nitrogens with one attached hydrogen (secondary N) is 3. The summed E-state index contributed by atoms with van der Waals surface area (Å²) in [5.41, 5.74) is 3.83. The zero-order valence-corrected chi connectivity index (χ0v) is 14.3. The van der Waals surface area contributed by atoms with Crippen molar-refractivity contribution in [3.05, 3.63) is 60.0 Å². The van der Waals surface area contributed by atoms with Crippen molar-refractivity contribution < 1.29 is 0 Å². The van der Waals surface area contributed by atoms with E-state index < -0.39 is 0 Å². The molecule has 0 fully saturated rings. The second-order valence-electron chi connectivity index (χ2n) is 6.00. The highest BCUT2D eigenvalue weighted by atomic mass is 15.2. The van der Waals surface area contributed by atoms with Crippen molar-refractivity contribution in [2.24, 2.45) is 12.0 Å². The van der Waals surface area contributed by atoms with Gasteiger partial charge >= 0.3 is 0 Å². The second-order valence-corrected chi connectivity index (χ2v) is 6.00. The van der Waals surface area contributed by atoms with Gasteiger partial charge in [-0.05, 0) is 36.1 Å². The number of aliphatic imine (C=N–C) groups is 1. The lowest BCUT2D eigenvalue weighted by atomic mass is 10.1. The van der Waals surface area contributed by atoms with Crippen LogP contribution in [0.4, 0.5) is 0 Å². The number of aryl methyl sites for hydroxylation is 2. The van der Waals surface area contributed by atoms with Gasteiger partial charge in [-0.25, -0.2) is 0 Å². The Morgan fingerprint density at radius 2 is 2.08 bits per heavy atom. The maximum atomic E-state index is 4.28. The van der Waals surface area contributed by atoms with Crippen molar-refractivity contribution >= 4 is 16.9 Å². The van der Waals surface area contributed by atoms with Gasteiger partial charge in [-0.2, -0.15) is 0 Å². The normalized spacial score (nSPS) is 11.8. The van der Waals surface area contributed by atoms with E-state index in [1.54, 1.807) is 7.05 Å². The summed E-state index contributed by atoms with van der Waals surface area (Å²) in [4.78, 5) is 7.61. The number of aromatic nitrogens is 2. The first-order valence-electron chi connectivity index (χ1n) is 8.36. The van der Waals surface area contributed by atoms with Crippen LogP contribution in [-0.2, 0) is 20.0 Å². The minimum atomic E-state index is 0.781. The van der Waals surface area contributed by atoms with Crippen molar-refractivity contribution in [2.75, 3.05) is 13.6 Å². The van der Waals surface area contributed by atoms with Crippen molar-refractivity contribution in [2.45, 2.75) is 19.4 Å². The average Bonchev–Trinajstić information content (AvgIpc) is 3.20. The number of H-pyrrole nitrogens is 1. The van der Waals surface area contributed by atoms with E-state index in [1.807, 2.05) is 7.05 Å². The van der Waals surface area contributed by atoms with E-state index >= 15 is 0 Å². The van der Waals surface area contributed by atoms with Gasteiger partial charge in [-0.15, -0.1) is 0 Å². The lowest BCUT2D eigenvalue weighted by Crippen LogP contribution is -2.37. The summed E-state index contributed by atoms with van der Waals surface area (Å²) < 4.78 is 2.05. The third-order valence-electron chi connectivity index (χ3n) is 4.17. The van der Waals surface area contributed by atoms with Gasteiger partial charge in [-0.1, -0.05) is 18.2 Å². The molecule has 0 amide bonds. The number of nitrogens with zero attached hydrogens (tertiary/aromatic N) is 2. The van der Waals surface area contributed by atoms with Gasteiger partial charge in [0.2, 0.25) is 0 Å². The van der Waals surface area contributed by atoms with Crippen LogP contribution in [0.3, 0.4) is 0 Å². The molecule has 0 spiro atoms. The fraction of sp³-hybridized carbons (Fsp3) is 0.316. The average molecular weight is 323 g/mol. The summed E-state index contributed by atoms with van der Waals surface area (Å²) in [6.07, 6.45) is 8.39. The Morgan fingerprint density at radius 1 is 1.21 bits per heavy atom. The molecule has 0 unspecified atom stereocenters. The van der Waals surface area contributed by atoms with Gasteiger partial charge < -0.3 is 20.2 Å². The van der Waals surface area contributed by atoms with Crippen LogP contribution in [0.2, 0.25) is 0 Å². The highest BCUT2D eigenvalue weighted by Gasteiger charge is 2.03. The Labute approximate surface area is 142 Å². The topological polar surface area (TPSA) is 57.1 Å². The summed E-state index contributed by atoms with van der Waals surface area (Å²) >= 11 is 0. The van der Waals surface area contributed by atoms with Crippen molar-refractivity contribution in [3.63, 3.8) is 0 Å². The zero-order valence-electron chi connectivity index (χ0n) is 14.3. The van der Waals surface area contributed by atoms with Crippen molar-refractivity contribution in [1.82, 2.24) is 20.2 Å². The molecule has 3 rings (SSSR count). The van der Waals surface area contributed by atoms with E-state index in [1.165, 1.54) is 22.0 Å². The number of benzene rings is 1. The SMILES string of the molecule is CN=C(NCCCc1c[nH]c2ccccc12)NCc1ccn(C)c1. The molecule has 1 aromatic carbocycles. The minimum Gasteiger partial charge on any atom is -0.361 e. The number of guanidine groups is 1. The van der Waals surface area contributed by atoms with Crippen LogP contribution in [-0.4, -0.2) is 29.1 Å². The maximum Gasteiger partial charge on any atom is 0.191 e. The van der Waals surface area contributed by atoms with Crippen molar-refractivity contribution in [3.8, 4) is 0 Å². The van der Waals surface area contributed by atoms with Crippen LogP contribution in [0.1, 0.15) is 17.5 Å². The molecule has 3 aromatic rings. The lowest BCUT2D eigenvalue weighted by Gasteiger charge is -2.11. The van der Waals surface area contributed by atoms with E-state index in [9.17, 15) is 0 Å². The third kappa shape index (κ3) is 3.98. The summed E-state index contributed by atoms with van der Waals surface area (Å²) in [6, 6.07) is 10.6. The standard InChI is InChI=1S/C19H25N5/c1-20-19(23-12-15-9-11-24(2)14-15)21-10-5-6-16-13-22-18-8-4-3-7-17(16)18/h3-4,7-9,11,13-14,22H,5-6,10,12H2,1-2H3,(H2,20,21,23). The van der Waals surface area contributed by atoms with E-state index in [0.29, 0.717) is 0 Å². The van der Waals surface area contributed by atoms with Gasteiger partial charge in [0.1, 0.15) is 0 Å². The fourth-order valence-corrected chi connectivity index (χ4v) is 2.90. The molecule has 5 heteroatoms. The van der Waals surface area contributed by atoms with Crippen LogP contribution in [0.25, 0.3) is 10.9 Å². The Morgan fingerprint density at radius 3 is 2.88 bits per heavy atom. The Hall–Kier alpha value is -2.69. The Bertz CT molecular complexity index is 812. The van der Waals surface area contributed by atoms with E-state index in [2.05, 4.69) is 74.1 Å². The minimum absolute atomic E-state index is 0.781. The molecule has 126 valence electrons. The van der Waals surface area contributed by atoms with E-state index in [0.717, 1.165) is 31.9 Å². The van der Waals surface area contributed by atoms with E-state index in [-0.39, 0.29) is 0 Å². The van der Waals surface area contributed by atoms with Gasteiger partial charge in [-0.3, -0.25) is 4.99 Å². The number of aromatic amines is 1. The summed E-state index contributed by atoms with van der Waals surface area (Å²) in [5.74, 6) is 0.845. The van der Waals surface area contributed by atoms with Crippen molar-refractivity contribution in [1.29, 1.82) is 0 Å². The zero-order chi connectivity index (χ0) is 16.8. The van der Waals surface area contributed by atoms with E-state index in [4.69, 9.17) is 0 Å². The lowest BCUT2D eigenvalue weighted by molar-refractivity contribution is 0.743. The fourth-order valence-electron chi connectivity index (χ4n) is 2.90. The van der Waals surface area contributed by atoms with Crippen LogP contribution in [0.5, 0.6) is 0 Å². The molecular weight excluding hydrogens is 298 g/mol. The van der Waals surface area contributed by atoms with Crippen LogP contribution < -0.4 is 10.6 Å². The molecule has 0 atom stereocenters. The highest BCUT2D eigenvalue weighted by Crippen LogP contribution is 2.18. The molecule has 0 radical (unpaired) electrons. The molecule has 0 aliphatic heterocycles. The molecule has 0 aliphatic rings. The first-order valence-corrected chi connectivity index (χ1v) is 8.36. The monoisotopic (exact) mass is 323 g/mol. The molecule has 24 heavy (non-hydrogen) atoms. The maximum absolute atomic E-state index is 4.28. The summed E-state index contributed by atoms with van der Waals surface area (Å²) in [6.45, 7) is 1.68. The Balaban J connectivity index is 1.43. The quantitative estimate of drug-likeness (QED) is 0.371. The molecule has 2 heterocycles. The number of hydrogen-bond acceptors (Lipinski definition) is 1.